The SMILES string of the molecule is Nc1cccc2c(Nc3cccc4c(NC(=O)c5cc(C(F)(F)F)cc(C(F)(F)F)c5)nccc34)ccnc12. The molecule has 39 heavy (non-hydrogen) atoms. The predicted octanol–water partition coefficient (Wildman–Crippen LogP) is 7.40. The minimum atomic E-state index is -5.09. The Morgan fingerprint density at radius 2 is 1.33 bits per heavy atom. The summed E-state index contributed by atoms with van der Waals surface area (Å²) >= 11 is 0. The van der Waals surface area contributed by atoms with E-state index in [0.29, 0.717) is 45.5 Å². The van der Waals surface area contributed by atoms with Crippen LogP contribution in [0.1, 0.15) is 21.5 Å². The zero-order valence-corrected chi connectivity index (χ0v) is 19.7. The van der Waals surface area contributed by atoms with Gasteiger partial charge in [0, 0.05) is 45.5 Å². The summed E-state index contributed by atoms with van der Waals surface area (Å²) in [5.41, 5.74) is 4.40. The van der Waals surface area contributed by atoms with Crippen molar-refractivity contribution in [3.05, 3.63) is 95.8 Å². The van der Waals surface area contributed by atoms with Gasteiger partial charge in [0.05, 0.1) is 22.3 Å². The number of anilines is 4. The Bertz CT molecular complexity index is 1700. The van der Waals surface area contributed by atoms with Crippen molar-refractivity contribution in [2.24, 2.45) is 0 Å². The van der Waals surface area contributed by atoms with Crippen molar-refractivity contribution in [1.82, 2.24) is 9.97 Å². The maximum Gasteiger partial charge on any atom is 0.416 e. The number of para-hydroxylation sites is 1. The van der Waals surface area contributed by atoms with E-state index in [1.54, 1.807) is 48.7 Å². The molecular formula is C27H17F6N5O. The molecule has 0 unspecified atom stereocenters. The summed E-state index contributed by atoms with van der Waals surface area (Å²) in [5, 5.41) is 7.37. The summed E-state index contributed by atoms with van der Waals surface area (Å²) in [6, 6.07) is 14.5. The number of benzene rings is 3. The number of carbonyl (C=O) groups is 1. The number of fused-ring (bicyclic) bond motifs is 2. The molecule has 0 atom stereocenters. The molecule has 0 spiro atoms. The molecule has 0 aliphatic carbocycles. The number of pyridine rings is 2. The van der Waals surface area contributed by atoms with Crippen LogP contribution in [0.15, 0.2) is 79.1 Å². The molecule has 2 heterocycles. The molecule has 6 nitrogen and oxygen atoms in total. The zero-order valence-electron chi connectivity index (χ0n) is 19.7. The maximum atomic E-state index is 13.2. The Morgan fingerprint density at radius 1 is 0.718 bits per heavy atom. The molecule has 4 N–H and O–H groups in total. The van der Waals surface area contributed by atoms with Gasteiger partial charge in [0.2, 0.25) is 0 Å². The van der Waals surface area contributed by atoms with Crippen molar-refractivity contribution in [1.29, 1.82) is 0 Å². The number of hydrogen-bond acceptors (Lipinski definition) is 5. The van der Waals surface area contributed by atoms with Gasteiger partial charge in [-0.1, -0.05) is 24.3 Å². The molecule has 5 rings (SSSR count). The highest BCUT2D eigenvalue weighted by molar-refractivity contribution is 6.10. The van der Waals surface area contributed by atoms with Crippen LogP contribution in [-0.4, -0.2) is 15.9 Å². The van der Waals surface area contributed by atoms with Crippen molar-refractivity contribution in [3.63, 3.8) is 0 Å². The fourth-order valence-corrected chi connectivity index (χ4v) is 4.13. The Kier molecular flexibility index (Phi) is 6.25. The Balaban J connectivity index is 1.52. The van der Waals surface area contributed by atoms with Crippen molar-refractivity contribution in [3.8, 4) is 0 Å². The first kappa shape index (κ1) is 25.8. The van der Waals surface area contributed by atoms with Gasteiger partial charge < -0.3 is 16.4 Å². The normalized spacial score (nSPS) is 12.1. The number of amides is 1. The molecule has 3 aromatic carbocycles. The number of halogens is 6. The molecule has 0 saturated heterocycles. The minimum Gasteiger partial charge on any atom is -0.397 e. The van der Waals surface area contributed by atoms with Crippen LogP contribution in [0.4, 0.5) is 49.2 Å². The van der Waals surface area contributed by atoms with Crippen LogP contribution in [-0.2, 0) is 12.4 Å². The third-order valence-electron chi connectivity index (χ3n) is 5.96. The fraction of sp³-hybridized carbons (Fsp3) is 0.0741. The van der Waals surface area contributed by atoms with E-state index in [1.165, 1.54) is 6.20 Å². The average molecular weight is 541 g/mol. The third kappa shape index (κ3) is 5.13. The second-order valence-corrected chi connectivity index (χ2v) is 8.54. The molecule has 0 aliphatic heterocycles. The number of nitrogens with zero attached hydrogens (tertiary/aromatic N) is 2. The molecule has 5 aromatic rings. The van der Waals surface area contributed by atoms with Crippen LogP contribution in [0.3, 0.4) is 0 Å². The van der Waals surface area contributed by atoms with E-state index in [-0.39, 0.29) is 11.9 Å². The predicted molar refractivity (Wildman–Crippen MR) is 136 cm³/mol. The summed E-state index contributed by atoms with van der Waals surface area (Å²) in [5.74, 6) is -1.23. The van der Waals surface area contributed by atoms with Gasteiger partial charge in [0.25, 0.3) is 5.91 Å². The third-order valence-corrected chi connectivity index (χ3v) is 5.96. The number of hydrogen-bond donors (Lipinski definition) is 3. The van der Waals surface area contributed by atoms with E-state index in [0.717, 1.165) is 5.39 Å². The quantitative estimate of drug-likeness (QED) is 0.163. The van der Waals surface area contributed by atoms with Crippen molar-refractivity contribution in [2.45, 2.75) is 12.4 Å². The largest absolute Gasteiger partial charge is 0.416 e. The summed E-state index contributed by atoms with van der Waals surface area (Å²) in [6.45, 7) is 0. The number of nitrogens with two attached hydrogens (primary N) is 1. The zero-order chi connectivity index (χ0) is 27.9. The molecule has 1 amide bonds. The van der Waals surface area contributed by atoms with Crippen LogP contribution in [0.25, 0.3) is 21.7 Å². The number of nitrogen functional groups attached to an aromatic ring is 1. The van der Waals surface area contributed by atoms with Gasteiger partial charge in [-0.05, 0) is 42.5 Å². The second kappa shape index (κ2) is 9.46. The summed E-state index contributed by atoms with van der Waals surface area (Å²) in [6.07, 6.45) is -7.23. The molecular weight excluding hydrogens is 524 g/mol. The number of alkyl halides is 6. The van der Waals surface area contributed by atoms with E-state index >= 15 is 0 Å². The summed E-state index contributed by atoms with van der Waals surface area (Å²) in [4.78, 5) is 21.2. The van der Waals surface area contributed by atoms with Gasteiger partial charge in [-0.15, -0.1) is 0 Å². The van der Waals surface area contributed by atoms with Crippen LogP contribution < -0.4 is 16.4 Å². The molecule has 2 aromatic heterocycles. The average Bonchev–Trinajstić information content (AvgIpc) is 2.88. The monoisotopic (exact) mass is 541 g/mol. The van der Waals surface area contributed by atoms with Crippen molar-refractivity contribution < 1.29 is 31.1 Å². The van der Waals surface area contributed by atoms with Crippen molar-refractivity contribution >= 4 is 50.5 Å². The minimum absolute atomic E-state index is 0.0404. The first-order valence-electron chi connectivity index (χ1n) is 11.3. The molecule has 12 heteroatoms. The number of aromatic nitrogens is 2. The van der Waals surface area contributed by atoms with E-state index in [9.17, 15) is 31.1 Å². The van der Waals surface area contributed by atoms with Gasteiger partial charge in [-0.3, -0.25) is 9.78 Å². The standard InChI is InChI=1S/C27H17F6N5O/c28-26(29,30)15-11-14(12-16(13-15)27(31,32)33)25(39)38-24-18-3-2-6-21(17(18)7-9-36-24)37-22-8-10-35-23-19(22)4-1-5-20(23)34/h1-13H,34H2,(H,35,37)(H,36,38,39). The lowest BCUT2D eigenvalue weighted by Gasteiger charge is -2.15. The lowest BCUT2D eigenvalue weighted by atomic mass is 10.0. The van der Waals surface area contributed by atoms with Gasteiger partial charge >= 0.3 is 12.4 Å². The Labute approximate surface area is 216 Å². The fourth-order valence-electron chi connectivity index (χ4n) is 4.13. The van der Waals surface area contributed by atoms with E-state index in [4.69, 9.17) is 5.73 Å². The number of nitrogens with one attached hydrogen (secondary N) is 2. The van der Waals surface area contributed by atoms with Gasteiger partial charge in [-0.25, -0.2) is 4.98 Å². The topological polar surface area (TPSA) is 92.9 Å². The second-order valence-electron chi connectivity index (χ2n) is 8.54. The Hall–Kier alpha value is -4.87. The van der Waals surface area contributed by atoms with E-state index < -0.39 is 35.0 Å². The molecule has 0 bridgehead atoms. The summed E-state index contributed by atoms with van der Waals surface area (Å²) < 4.78 is 79.5. The molecule has 198 valence electrons. The maximum absolute atomic E-state index is 13.2. The highest BCUT2D eigenvalue weighted by Gasteiger charge is 2.37. The molecule has 0 fully saturated rings. The molecule has 0 radical (unpaired) electrons. The van der Waals surface area contributed by atoms with Crippen LogP contribution in [0, 0.1) is 0 Å². The van der Waals surface area contributed by atoms with Gasteiger partial charge in [0.15, 0.2) is 0 Å². The van der Waals surface area contributed by atoms with E-state index in [2.05, 4.69) is 20.6 Å². The Morgan fingerprint density at radius 3 is 2.03 bits per heavy atom. The summed E-state index contributed by atoms with van der Waals surface area (Å²) in [7, 11) is 0. The van der Waals surface area contributed by atoms with Crippen LogP contribution >= 0.6 is 0 Å². The van der Waals surface area contributed by atoms with Crippen molar-refractivity contribution in [2.75, 3.05) is 16.4 Å². The highest BCUT2D eigenvalue weighted by atomic mass is 19.4. The van der Waals surface area contributed by atoms with Crippen LogP contribution in [0.5, 0.6) is 0 Å². The first-order valence-corrected chi connectivity index (χ1v) is 11.3. The highest BCUT2D eigenvalue weighted by Crippen LogP contribution is 2.37. The van der Waals surface area contributed by atoms with Crippen LogP contribution in [0.2, 0.25) is 0 Å². The number of rotatable bonds is 4. The van der Waals surface area contributed by atoms with Gasteiger partial charge in [0.1, 0.15) is 5.82 Å². The molecule has 0 aliphatic rings. The van der Waals surface area contributed by atoms with Gasteiger partial charge in [-0.2, -0.15) is 26.3 Å². The number of carbonyl (C=O) groups excluding carboxylic acids is 1. The first-order chi connectivity index (χ1) is 18.4. The lowest BCUT2D eigenvalue weighted by molar-refractivity contribution is -0.143. The smallest absolute Gasteiger partial charge is 0.397 e. The molecule has 0 saturated carbocycles. The lowest BCUT2D eigenvalue weighted by Crippen LogP contribution is -2.17. The van der Waals surface area contributed by atoms with E-state index in [1.807, 2.05) is 6.07 Å².